The molecule has 0 unspecified atom stereocenters. The number of rotatable bonds is 3. The van der Waals surface area contributed by atoms with E-state index in [0.717, 1.165) is 42.9 Å². The molecule has 1 N–H and O–H groups in total. The first kappa shape index (κ1) is 14.6. The van der Waals surface area contributed by atoms with E-state index in [4.69, 9.17) is 0 Å². The first-order valence-electron chi connectivity index (χ1n) is 7.76. The lowest BCUT2D eigenvalue weighted by molar-refractivity contribution is 0.0718. The molecule has 3 rings (SSSR count). The highest BCUT2D eigenvalue weighted by molar-refractivity contribution is 5.94. The summed E-state index contributed by atoms with van der Waals surface area (Å²) in [5.41, 5.74) is 2.90. The Kier molecular flexibility index (Phi) is 4.37. The van der Waals surface area contributed by atoms with Gasteiger partial charge in [-0.2, -0.15) is 0 Å². The van der Waals surface area contributed by atoms with Crippen LogP contribution in [0.15, 0.2) is 48.7 Å². The Morgan fingerprint density at radius 1 is 1.18 bits per heavy atom. The van der Waals surface area contributed by atoms with Crippen LogP contribution in [-0.2, 0) is 0 Å². The fourth-order valence-electron chi connectivity index (χ4n) is 2.86. The zero-order chi connectivity index (χ0) is 15.4. The number of piperidine rings is 1. The highest BCUT2D eigenvalue weighted by atomic mass is 16.2. The number of likely N-dealkylation sites (tertiary alicyclic amines) is 1. The maximum atomic E-state index is 12.4. The third kappa shape index (κ3) is 3.45. The third-order valence-corrected chi connectivity index (χ3v) is 4.07. The van der Waals surface area contributed by atoms with Gasteiger partial charge >= 0.3 is 0 Å². The summed E-state index contributed by atoms with van der Waals surface area (Å²) >= 11 is 0. The Hall–Kier alpha value is -2.36. The molecule has 22 heavy (non-hydrogen) atoms. The Labute approximate surface area is 131 Å². The van der Waals surface area contributed by atoms with E-state index < -0.39 is 0 Å². The van der Waals surface area contributed by atoms with E-state index in [9.17, 15) is 4.79 Å². The summed E-state index contributed by atoms with van der Waals surface area (Å²) in [6, 6.07) is 14.0. The number of aryl methyl sites for hydroxylation is 1. The quantitative estimate of drug-likeness (QED) is 0.946. The van der Waals surface area contributed by atoms with Crippen molar-refractivity contribution in [1.29, 1.82) is 0 Å². The van der Waals surface area contributed by atoms with Crippen molar-refractivity contribution < 1.29 is 4.79 Å². The standard InChI is InChI=1S/C18H21N3O/c1-14-13-17(7-10-19-14)20-16-8-11-21(12-9-16)18(22)15-5-3-2-4-6-15/h2-7,10,13,16H,8-9,11-12H2,1H3,(H,19,20). The molecular formula is C18H21N3O. The van der Waals surface area contributed by atoms with Crippen LogP contribution >= 0.6 is 0 Å². The van der Waals surface area contributed by atoms with Gasteiger partial charge in [0.2, 0.25) is 0 Å². The molecule has 0 aliphatic carbocycles. The molecule has 0 bridgehead atoms. The molecule has 0 radical (unpaired) electrons. The van der Waals surface area contributed by atoms with Crippen molar-refractivity contribution in [2.45, 2.75) is 25.8 Å². The number of anilines is 1. The van der Waals surface area contributed by atoms with Crippen molar-refractivity contribution in [3.63, 3.8) is 0 Å². The molecule has 4 heteroatoms. The van der Waals surface area contributed by atoms with Gasteiger partial charge in [-0.1, -0.05) is 18.2 Å². The Bertz CT molecular complexity index is 634. The number of carbonyl (C=O) groups is 1. The number of carbonyl (C=O) groups excluding carboxylic acids is 1. The van der Waals surface area contributed by atoms with Gasteiger partial charge in [-0.25, -0.2) is 0 Å². The molecule has 1 saturated heterocycles. The highest BCUT2D eigenvalue weighted by Crippen LogP contribution is 2.18. The first-order chi connectivity index (χ1) is 10.7. The zero-order valence-electron chi connectivity index (χ0n) is 12.8. The van der Waals surface area contributed by atoms with Crippen molar-refractivity contribution >= 4 is 11.6 Å². The van der Waals surface area contributed by atoms with Crippen molar-refractivity contribution in [2.24, 2.45) is 0 Å². The predicted molar refractivity (Wildman–Crippen MR) is 88.0 cm³/mol. The van der Waals surface area contributed by atoms with Gasteiger partial charge in [0, 0.05) is 42.3 Å². The third-order valence-electron chi connectivity index (χ3n) is 4.07. The zero-order valence-corrected chi connectivity index (χ0v) is 12.8. The van der Waals surface area contributed by atoms with Gasteiger partial charge in [0.05, 0.1) is 0 Å². The highest BCUT2D eigenvalue weighted by Gasteiger charge is 2.23. The number of nitrogens with one attached hydrogen (secondary N) is 1. The summed E-state index contributed by atoms with van der Waals surface area (Å²) in [5.74, 6) is 0.138. The van der Waals surface area contributed by atoms with Crippen LogP contribution in [0.4, 0.5) is 5.69 Å². The molecule has 4 nitrogen and oxygen atoms in total. The van der Waals surface area contributed by atoms with E-state index in [1.165, 1.54) is 0 Å². The van der Waals surface area contributed by atoms with Gasteiger partial charge in [-0.05, 0) is 44.0 Å². The van der Waals surface area contributed by atoms with Crippen LogP contribution < -0.4 is 5.32 Å². The van der Waals surface area contributed by atoms with Crippen molar-refractivity contribution in [3.8, 4) is 0 Å². The number of aromatic nitrogens is 1. The van der Waals surface area contributed by atoms with E-state index in [2.05, 4.69) is 16.4 Å². The Balaban J connectivity index is 1.55. The predicted octanol–water partition coefficient (Wildman–Crippen LogP) is 3.11. The maximum Gasteiger partial charge on any atom is 0.253 e. The lowest BCUT2D eigenvalue weighted by atomic mass is 10.0. The van der Waals surface area contributed by atoms with Gasteiger partial charge in [-0.3, -0.25) is 9.78 Å². The topological polar surface area (TPSA) is 45.2 Å². The van der Waals surface area contributed by atoms with Crippen molar-refractivity contribution in [1.82, 2.24) is 9.88 Å². The molecule has 0 atom stereocenters. The van der Waals surface area contributed by atoms with Crippen LogP contribution in [-0.4, -0.2) is 34.9 Å². The molecule has 2 heterocycles. The van der Waals surface area contributed by atoms with Crippen molar-refractivity contribution in [3.05, 3.63) is 59.9 Å². The van der Waals surface area contributed by atoms with Crippen LogP contribution in [0, 0.1) is 6.92 Å². The SMILES string of the molecule is Cc1cc(NC2CCN(C(=O)c3ccccc3)CC2)ccn1. The number of pyridine rings is 1. The molecule has 1 aliphatic rings. The maximum absolute atomic E-state index is 12.4. The van der Waals surface area contributed by atoms with E-state index >= 15 is 0 Å². The number of hydrogen-bond donors (Lipinski definition) is 1. The molecule has 1 amide bonds. The lowest BCUT2D eigenvalue weighted by Crippen LogP contribution is -2.42. The normalized spacial score (nSPS) is 15.6. The monoisotopic (exact) mass is 295 g/mol. The minimum atomic E-state index is 0.138. The van der Waals surface area contributed by atoms with Gasteiger partial charge in [0.1, 0.15) is 0 Å². The summed E-state index contributed by atoms with van der Waals surface area (Å²) < 4.78 is 0. The molecule has 1 aromatic heterocycles. The number of benzene rings is 1. The van der Waals surface area contributed by atoms with Crippen LogP contribution in [0.1, 0.15) is 28.9 Å². The van der Waals surface area contributed by atoms with E-state index in [0.29, 0.717) is 6.04 Å². The van der Waals surface area contributed by atoms with Crippen LogP contribution in [0.5, 0.6) is 0 Å². The van der Waals surface area contributed by atoms with E-state index in [1.54, 1.807) is 0 Å². The molecule has 0 spiro atoms. The van der Waals surface area contributed by atoms with Crippen LogP contribution in [0.3, 0.4) is 0 Å². The minimum absolute atomic E-state index is 0.138. The Morgan fingerprint density at radius 2 is 1.91 bits per heavy atom. The Morgan fingerprint density at radius 3 is 2.59 bits per heavy atom. The average molecular weight is 295 g/mol. The second kappa shape index (κ2) is 6.60. The summed E-state index contributed by atoms with van der Waals surface area (Å²) in [6.07, 6.45) is 3.77. The summed E-state index contributed by atoms with van der Waals surface area (Å²) in [7, 11) is 0. The van der Waals surface area contributed by atoms with Crippen molar-refractivity contribution in [2.75, 3.05) is 18.4 Å². The molecule has 1 aromatic carbocycles. The summed E-state index contributed by atoms with van der Waals surface area (Å²) in [6.45, 7) is 3.59. The average Bonchev–Trinajstić information content (AvgIpc) is 2.56. The second-order valence-corrected chi connectivity index (χ2v) is 5.76. The van der Waals surface area contributed by atoms with Crippen LogP contribution in [0.2, 0.25) is 0 Å². The van der Waals surface area contributed by atoms with Crippen LogP contribution in [0.25, 0.3) is 0 Å². The fraction of sp³-hybridized carbons (Fsp3) is 0.333. The van der Waals surface area contributed by atoms with Gasteiger partial charge in [0.15, 0.2) is 0 Å². The molecule has 0 saturated carbocycles. The number of amides is 1. The van der Waals surface area contributed by atoms with Gasteiger partial charge in [0.25, 0.3) is 5.91 Å². The van der Waals surface area contributed by atoms with E-state index in [-0.39, 0.29) is 5.91 Å². The molecule has 1 fully saturated rings. The molecule has 2 aromatic rings. The molecule has 1 aliphatic heterocycles. The molecular weight excluding hydrogens is 274 g/mol. The van der Waals surface area contributed by atoms with Gasteiger partial charge in [-0.15, -0.1) is 0 Å². The fourth-order valence-corrected chi connectivity index (χ4v) is 2.86. The van der Waals surface area contributed by atoms with E-state index in [1.807, 2.05) is 54.4 Å². The number of nitrogens with zero attached hydrogens (tertiary/aromatic N) is 2. The number of hydrogen-bond acceptors (Lipinski definition) is 3. The smallest absolute Gasteiger partial charge is 0.253 e. The molecule has 114 valence electrons. The van der Waals surface area contributed by atoms with Gasteiger partial charge < -0.3 is 10.2 Å². The summed E-state index contributed by atoms with van der Waals surface area (Å²) in [4.78, 5) is 18.6. The lowest BCUT2D eigenvalue weighted by Gasteiger charge is -2.33. The first-order valence-corrected chi connectivity index (χ1v) is 7.76. The second-order valence-electron chi connectivity index (χ2n) is 5.76. The summed E-state index contributed by atoms with van der Waals surface area (Å²) in [5, 5.41) is 3.54. The minimum Gasteiger partial charge on any atom is -0.382 e. The largest absolute Gasteiger partial charge is 0.382 e.